The molecule has 0 atom stereocenters. The van der Waals surface area contributed by atoms with Crippen LogP contribution in [0.3, 0.4) is 0 Å². The summed E-state index contributed by atoms with van der Waals surface area (Å²) in [5.74, 6) is 0.998. The molecule has 1 fully saturated rings. The molecule has 0 bridgehead atoms. The quantitative estimate of drug-likeness (QED) is 0.553. The Hall–Kier alpha value is -2.68. The number of anilines is 1. The van der Waals surface area contributed by atoms with Crippen molar-refractivity contribution < 1.29 is 17.9 Å². The maximum atomic E-state index is 12.7. The molecule has 1 aromatic heterocycles. The van der Waals surface area contributed by atoms with E-state index in [1.807, 2.05) is 43.3 Å². The first-order chi connectivity index (χ1) is 14.9. The van der Waals surface area contributed by atoms with Crippen molar-refractivity contribution in [2.45, 2.75) is 30.4 Å². The smallest absolute Gasteiger partial charge is 0.252 e. The summed E-state index contributed by atoms with van der Waals surface area (Å²) in [6.07, 6.45) is 1.88. The molecule has 1 saturated heterocycles. The number of thiophene rings is 1. The van der Waals surface area contributed by atoms with E-state index < -0.39 is 10.0 Å². The third-order valence-electron chi connectivity index (χ3n) is 5.04. The SMILES string of the molecule is Cc1ccc(Oc2ccccc2NC(=O)Cc2ccc(S(=O)(=O)N3CCCC3)s2)cc1. The van der Waals surface area contributed by atoms with E-state index in [9.17, 15) is 13.2 Å². The highest BCUT2D eigenvalue weighted by Crippen LogP contribution is 2.31. The van der Waals surface area contributed by atoms with Crippen LogP contribution in [0.15, 0.2) is 64.9 Å². The highest BCUT2D eigenvalue weighted by molar-refractivity contribution is 7.91. The van der Waals surface area contributed by atoms with Gasteiger partial charge in [0.1, 0.15) is 9.96 Å². The van der Waals surface area contributed by atoms with Crippen LogP contribution < -0.4 is 10.1 Å². The summed E-state index contributed by atoms with van der Waals surface area (Å²) < 4.78 is 33.1. The van der Waals surface area contributed by atoms with Crippen molar-refractivity contribution in [3.05, 3.63) is 71.1 Å². The summed E-state index contributed by atoms with van der Waals surface area (Å²) in [5.41, 5.74) is 1.70. The summed E-state index contributed by atoms with van der Waals surface area (Å²) in [4.78, 5) is 13.3. The lowest BCUT2D eigenvalue weighted by Crippen LogP contribution is -2.27. The lowest BCUT2D eigenvalue weighted by Gasteiger charge is -2.13. The lowest BCUT2D eigenvalue weighted by molar-refractivity contribution is -0.115. The van der Waals surface area contributed by atoms with Crippen molar-refractivity contribution in [3.63, 3.8) is 0 Å². The van der Waals surface area contributed by atoms with Gasteiger partial charge in [-0.05, 0) is 56.2 Å². The molecule has 0 unspecified atom stereocenters. The Bertz CT molecular complexity index is 1160. The number of benzene rings is 2. The fourth-order valence-electron chi connectivity index (χ4n) is 3.39. The average molecular weight is 457 g/mol. The minimum atomic E-state index is -3.46. The molecule has 162 valence electrons. The Morgan fingerprint density at radius 2 is 1.74 bits per heavy atom. The first-order valence-electron chi connectivity index (χ1n) is 10.1. The number of amides is 1. The number of aryl methyl sites for hydroxylation is 1. The second-order valence-electron chi connectivity index (χ2n) is 7.47. The van der Waals surface area contributed by atoms with E-state index in [4.69, 9.17) is 4.74 Å². The monoisotopic (exact) mass is 456 g/mol. The second-order valence-corrected chi connectivity index (χ2v) is 10.8. The minimum Gasteiger partial charge on any atom is -0.455 e. The van der Waals surface area contributed by atoms with Gasteiger partial charge in [-0.2, -0.15) is 4.31 Å². The van der Waals surface area contributed by atoms with Gasteiger partial charge in [0.05, 0.1) is 12.1 Å². The van der Waals surface area contributed by atoms with Crippen molar-refractivity contribution in [3.8, 4) is 11.5 Å². The van der Waals surface area contributed by atoms with Gasteiger partial charge in [0, 0.05) is 18.0 Å². The van der Waals surface area contributed by atoms with Crippen LogP contribution in [0.2, 0.25) is 0 Å². The third kappa shape index (κ3) is 5.15. The molecule has 1 aliphatic heterocycles. The highest BCUT2D eigenvalue weighted by Gasteiger charge is 2.28. The molecule has 8 heteroatoms. The maximum Gasteiger partial charge on any atom is 0.252 e. The van der Waals surface area contributed by atoms with Crippen molar-refractivity contribution >= 4 is 33.0 Å². The zero-order valence-corrected chi connectivity index (χ0v) is 18.8. The van der Waals surface area contributed by atoms with Gasteiger partial charge < -0.3 is 10.1 Å². The van der Waals surface area contributed by atoms with Crippen LogP contribution in [0.1, 0.15) is 23.3 Å². The van der Waals surface area contributed by atoms with E-state index in [0.717, 1.165) is 29.7 Å². The fourth-order valence-corrected chi connectivity index (χ4v) is 6.42. The van der Waals surface area contributed by atoms with Gasteiger partial charge in [0.2, 0.25) is 5.91 Å². The number of nitrogens with zero attached hydrogens (tertiary/aromatic N) is 1. The fraction of sp³-hybridized carbons (Fsp3) is 0.261. The van der Waals surface area contributed by atoms with Crippen LogP contribution in [0.5, 0.6) is 11.5 Å². The predicted molar refractivity (Wildman–Crippen MR) is 122 cm³/mol. The molecule has 0 spiro atoms. The van der Waals surface area contributed by atoms with Crippen molar-refractivity contribution in [1.82, 2.24) is 4.31 Å². The number of hydrogen-bond acceptors (Lipinski definition) is 5. The molecular formula is C23H24N2O4S2. The number of carbonyl (C=O) groups is 1. The molecule has 0 radical (unpaired) electrons. The Morgan fingerprint density at radius 1 is 1.03 bits per heavy atom. The second kappa shape index (κ2) is 9.21. The van der Waals surface area contributed by atoms with E-state index >= 15 is 0 Å². The molecule has 1 amide bonds. The average Bonchev–Trinajstić information content (AvgIpc) is 3.44. The summed E-state index contributed by atoms with van der Waals surface area (Å²) in [7, 11) is -3.46. The maximum absolute atomic E-state index is 12.7. The van der Waals surface area contributed by atoms with Crippen molar-refractivity contribution in [2.24, 2.45) is 0 Å². The van der Waals surface area contributed by atoms with E-state index in [-0.39, 0.29) is 12.3 Å². The first kappa shape index (κ1) is 21.5. The van der Waals surface area contributed by atoms with Gasteiger partial charge in [0.15, 0.2) is 5.75 Å². The number of nitrogens with one attached hydrogen (secondary N) is 1. The number of sulfonamides is 1. The Kier molecular flexibility index (Phi) is 6.41. The zero-order chi connectivity index (χ0) is 21.8. The minimum absolute atomic E-state index is 0.0963. The van der Waals surface area contributed by atoms with Gasteiger partial charge in [0.25, 0.3) is 10.0 Å². The molecule has 1 N–H and O–H groups in total. The van der Waals surface area contributed by atoms with Gasteiger partial charge >= 0.3 is 0 Å². The number of rotatable bonds is 7. The van der Waals surface area contributed by atoms with Crippen LogP contribution in [0.4, 0.5) is 5.69 Å². The molecule has 6 nitrogen and oxygen atoms in total. The molecule has 2 heterocycles. The van der Waals surface area contributed by atoms with Crippen LogP contribution >= 0.6 is 11.3 Å². The normalized spacial score (nSPS) is 14.5. The van der Waals surface area contributed by atoms with Crippen LogP contribution in [-0.2, 0) is 21.2 Å². The number of carbonyl (C=O) groups excluding carboxylic acids is 1. The number of para-hydroxylation sites is 2. The lowest BCUT2D eigenvalue weighted by atomic mass is 10.2. The molecule has 31 heavy (non-hydrogen) atoms. The summed E-state index contributed by atoms with van der Waals surface area (Å²) >= 11 is 1.15. The summed E-state index contributed by atoms with van der Waals surface area (Å²) in [6, 6.07) is 18.2. The molecule has 3 aromatic rings. The first-order valence-corrected chi connectivity index (χ1v) is 12.4. The van der Waals surface area contributed by atoms with Gasteiger partial charge in [-0.25, -0.2) is 8.42 Å². The van der Waals surface area contributed by atoms with E-state index in [2.05, 4.69) is 5.32 Å². The molecular weight excluding hydrogens is 432 g/mol. The van der Waals surface area contributed by atoms with Gasteiger partial charge in [-0.1, -0.05) is 29.8 Å². The van der Waals surface area contributed by atoms with E-state index in [1.165, 1.54) is 4.31 Å². The standard InChI is InChI=1S/C23H24N2O4S2/c1-17-8-10-18(11-9-17)29-21-7-3-2-6-20(21)24-22(26)16-19-12-13-23(30-19)31(27,28)25-14-4-5-15-25/h2-3,6-13H,4-5,14-16H2,1H3,(H,24,26). The van der Waals surface area contributed by atoms with Crippen LogP contribution in [0, 0.1) is 6.92 Å². The predicted octanol–water partition coefficient (Wildman–Crippen LogP) is 4.81. The zero-order valence-electron chi connectivity index (χ0n) is 17.2. The topological polar surface area (TPSA) is 75.7 Å². The van der Waals surface area contributed by atoms with Crippen LogP contribution in [0.25, 0.3) is 0 Å². The molecule has 1 aliphatic rings. The molecule has 2 aromatic carbocycles. The van der Waals surface area contributed by atoms with E-state index in [0.29, 0.717) is 39.4 Å². The van der Waals surface area contributed by atoms with Crippen molar-refractivity contribution in [2.75, 3.05) is 18.4 Å². The Morgan fingerprint density at radius 3 is 2.48 bits per heavy atom. The molecule has 0 aliphatic carbocycles. The Labute approximate surface area is 186 Å². The third-order valence-corrected chi connectivity index (χ3v) is 8.49. The van der Waals surface area contributed by atoms with E-state index in [1.54, 1.807) is 24.3 Å². The number of ether oxygens (including phenoxy) is 1. The summed E-state index contributed by atoms with van der Waals surface area (Å²) in [6.45, 7) is 3.13. The highest BCUT2D eigenvalue weighted by atomic mass is 32.2. The van der Waals surface area contributed by atoms with Crippen LogP contribution in [-0.4, -0.2) is 31.7 Å². The van der Waals surface area contributed by atoms with Gasteiger partial charge in [-0.3, -0.25) is 4.79 Å². The molecule has 0 saturated carbocycles. The Balaban J connectivity index is 1.43. The summed E-state index contributed by atoms with van der Waals surface area (Å²) in [5, 5.41) is 2.88. The van der Waals surface area contributed by atoms with Gasteiger partial charge in [-0.15, -0.1) is 11.3 Å². The molecule has 4 rings (SSSR count). The largest absolute Gasteiger partial charge is 0.455 e. The van der Waals surface area contributed by atoms with Crippen molar-refractivity contribution in [1.29, 1.82) is 0 Å². The number of hydrogen-bond donors (Lipinski definition) is 1.